The smallest absolute Gasteiger partial charge is 0.311 e. The molecule has 2 rings (SSSR count). The molecule has 7 nitrogen and oxygen atoms in total. The van der Waals surface area contributed by atoms with E-state index in [-0.39, 0.29) is 11.4 Å². The normalized spacial score (nSPS) is 15.4. The van der Waals surface area contributed by atoms with Gasteiger partial charge < -0.3 is 10.2 Å². The molecule has 1 aromatic rings. The van der Waals surface area contributed by atoms with Crippen molar-refractivity contribution in [1.29, 1.82) is 0 Å². The minimum absolute atomic E-state index is 0.181. The molecule has 0 atom stereocenters. The molecular weight excluding hydrogens is 330 g/mol. The molecule has 2 amide bonds. The van der Waals surface area contributed by atoms with E-state index in [2.05, 4.69) is 5.32 Å². The second-order valence-electron chi connectivity index (χ2n) is 5.97. The van der Waals surface area contributed by atoms with Gasteiger partial charge in [-0.25, -0.2) is 12.7 Å². The molecule has 0 spiro atoms. The van der Waals surface area contributed by atoms with E-state index in [1.165, 1.54) is 26.2 Å². The third kappa shape index (κ3) is 4.33. The SMILES string of the molecule is CN(C)S(=O)(=O)c1ccc(CNC(=O)C(=O)N2CCCCC2)cc1. The second-order valence-corrected chi connectivity index (χ2v) is 8.12. The van der Waals surface area contributed by atoms with Gasteiger partial charge in [-0.15, -0.1) is 0 Å². The van der Waals surface area contributed by atoms with Gasteiger partial charge in [0.15, 0.2) is 0 Å². The summed E-state index contributed by atoms with van der Waals surface area (Å²) >= 11 is 0. The number of carbonyl (C=O) groups excluding carboxylic acids is 2. The molecule has 132 valence electrons. The maximum Gasteiger partial charge on any atom is 0.311 e. The molecule has 1 N–H and O–H groups in total. The maximum absolute atomic E-state index is 12.0. The van der Waals surface area contributed by atoms with Crippen LogP contribution in [0.1, 0.15) is 24.8 Å². The average Bonchev–Trinajstić information content (AvgIpc) is 2.60. The van der Waals surface area contributed by atoms with Crippen molar-refractivity contribution < 1.29 is 18.0 Å². The van der Waals surface area contributed by atoms with Gasteiger partial charge in [0.25, 0.3) is 0 Å². The van der Waals surface area contributed by atoms with Crippen molar-refractivity contribution in [2.75, 3.05) is 27.2 Å². The summed E-state index contributed by atoms with van der Waals surface area (Å²) in [7, 11) is -0.532. The van der Waals surface area contributed by atoms with Crippen molar-refractivity contribution in [2.24, 2.45) is 0 Å². The molecule has 0 saturated carbocycles. The highest BCUT2D eigenvalue weighted by molar-refractivity contribution is 7.89. The first-order valence-electron chi connectivity index (χ1n) is 7.91. The summed E-state index contributed by atoms with van der Waals surface area (Å²) in [4.78, 5) is 25.7. The molecule has 8 heteroatoms. The Morgan fingerprint density at radius 2 is 1.67 bits per heavy atom. The lowest BCUT2D eigenvalue weighted by Crippen LogP contribution is -2.44. The van der Waals surface area contributed by atoms with Crippen LogP contribution >= 0.6 is 0 Å². The number of rotatable bonds is 4. The van der Waals surface area contributed by atoms with Crippen molar-refractivity contribution in [3.63, 3.8) is 0 Å². The summed E-state index contributed by atoms with van der Waals surface area (Å²) in [5, 5.41) is 2.59. The van der Waals surface area contributed by atoms with Crippen molar-refractivity contribution in [2.45, 2.75) is 30.7 Å². The Balaban J connectivity index is 1.92. The van der Waals surface area contributed by atoms with Gasteiger partial charge in [0.2, 0.25) is 10.0 Å². The molecule has 1 fully saturated rings. The third-order valence-electron chi connectivity index (χ3n) is 3.99. The van der Waals surface area contributed by atoms with Crippen LogP contribution in [-0.4, -0.2) is 56.6 Å². The van der Waals surface area contributed by atoms with Crippen LogP contribution in [-0.2, 0) is 26.2 Å². The van der Waals surface area contributed by atoms with Crippen LogP contribution in [0.3, 0.4) is 0 Å². The largest absolute Gasteiger partial charge is 0.344 e. The van der Waals surface area contributed by atoms with Gasteiger partial charge in [-0.2, -0.15) is 0 Å². The quantitative estimate of drug-likeness (QED) is 0.802. The van der Waals surface area contributed by atoms with Crippen LogP contribution < -0.4 is 5.32 Å². The minimum atomic E-state index is -3.47. The predicted octanol–water partition coefficient (Wildman–Crippen LogP) is 0.566. The Labute approximate surface area is 142 Å². The number of hydrogen-bond donors (Lipinski definition) is 1. The number of likely N-dealkylation sites (tertiary alicyclic amines) is 1. The number of hydrogen-bond acceptors (Lipinski definition) is 4. The Kier molecular flexibility index (Phi) is 5.95. The number of carbonyl (C=O) groups is 2. The Hall–Kier alpha value is -1.93. The highest BCUT2D eigenvalue weighted by atomic mass is 32.2. The fourth-order valence-corrected chi connectivity index (χ4v) is 3.39. The molecule has 0 aromatic heterocycles. The van der Waals surface area contributed by atoms with E-state index < -0.39 is 21.8 Å². The monoisotopic (exact) mass is 353 g/mol. The van der Waals surface area contributed by atoms with Crippen LogP contribution in [0.2, 0.25) is 0 Å². The molecule has 0 bridgehead atoms. The van der Waals surface area contributed by atoms with Crippen molar-refractivity contribution >= 4 is 21.8 Å². The Morgan fingerprint density at radius 3 is 2.21 bits per heavy atom. The summed E-state index contributed by atoms with van der Waals surface area (Å²) in [6, 6.07) is 6.23. The zero-order valence-electron chi connectivity index (χ0n) is 14.0. The maximum atomic E-state index is 12.0. The van der Waals surface area contributed by atoms with E-state index in [0.717, 1.165) is 29.1 Å². The van der Waals surface area contributed by atoms with Crippen LogP contribution in [0.15, 0.2) is 29.2 Å². The van der Waals surface area contributed by atoms with Gasteiger partial charge in [0, 0.05) is 33.7 Å². The summed E-state index contributed by atoms with van der Waals surface area (Å²) in [5.74, 6) is -1.12. The number of nitrogens with zero attached hydrogens (tertiary/aromatic N) is 2. The first-order chi connectivity index (χ1) is 11.3. The molecular formula is C16H23N3O4S. The van der Waals surface area contributed by atoms with Gasteiger partial charge in [0.05, 0.1) is 4.90 Å². The highest BCUT2D eigenvalue weighted by Gasteiger charge is 2.23. The van der Waals surface area contributed by atoms with Crippen LogP contribution in [0.25, 0.3) is 0 Å². The lowest BCUT2D eigenvalue weighted by Gasteiger charge is -2.25. The fourth-order valence-electron chi connectivity index (χ4n) is 2.49. The molecule has 0 radical (unpaired) electrons. The Bertz CT molecular complexity index is 693. The first-order valence-corrected chi connectivity index (χ1v) is 9.35. The van der Waals surface area contributed by atoms with E-state index in [4.69, 9.17) is 0 Å². The van der Waals surface area contributed by atoms with Gasteiger partial charge >= 0.3 is 11.8 Å². The average molecular weight is 353 g/mol. The van der Waals surface area contributed by atoms with Crippen LogP contribution in [0.5, 0.6) is 0 Å². The van der Waals surface area contributed by atoms with E-state index in [1.807, 2.05) is 0 Å². The minimum Gasteiger partial charge on any atom is -0.344 e. The molecule has 1 heterocycles. The lowest BCUT2D eigenvalue weighted by atomic mass is 10.1. The van der Waals surface area contributed by atoms with Gasteiger partial charge in [-0.05, 0) is 37.0 Å². The van der Waals surface area contributed by atoms with Crippen LogP contribution in [0.4, 0.5) is 0 Å². The first kappa shape index (κ1) is 18.4. The van der Waals surface area contributed by atoms with Crippen molar-refractivity contribution in [3.05, 3.63) is 29.8 Å². The second kappa shape index (κ2) is 7.76. The predicted molar refractivity (Wildman–Crippen MR) is 89.6 cm³/mol. The topological polar surface area (TPSA) is 86.8 Å². The van der Waals surface area contributed by atoms with Crippen molar-refractivity contribution in [1.82, 2.24) is 14.5 Å². The van der Waals surface area contributed by atoms with Crippen molar-refractivity contribution in [3.8, 4) is 0 Å². The number of amides is 2. The van der Waals surface area contributed by atoms with Crippen LogP contribution in [0, 0.1) is 0 Å². The summed E-state index contributed by atoms with van der Waals surface area (Å²) in [6.07, 6.45) is 2.95. The molecule has 1 aromatic carbocycles. The van der Waals surface area contributed by atoms with Gasteiger partial charge in [-0.1, -0.05) is 12.1 Å². The van der Waals surface area contributed by atoms with E-state index in [0.29, 0.717) is 13.1 Å². The van der Waals surface area contributed by atoms with E-state index in [9.17, 15) is 18.0 Å². The molecule has 24 heavy (non-hydrogen) atoms. The molecule has 0 unspecified atom stereocenters. The standard InChI is InChI=1S/C16H23N3O4S/c1-18(2)24(22,23)14-8-6-13(7-9-14)12-17-15(20)16(21)19-10-4-3-5-11-19/h6-9H,3-5,10-12H2,1-2H3,(H,17,20). The number of benzene rings is 1. The van der Waals surface area contributed by atoms with E-state index >= 15 is 0 Å². The summed E-state index contributed by atoms with van der Waals surface area (Å²) in [6.45, 7) is 1.44. The number of nitrogens with one attached hydrogen (secondary N) is 1. The molecule has 1 saturated heterocycles. The summed E-state index contributed by atoms with van der Waals surface area (Å²) in [5.41, 5.74) is 0.729. The molecule has 1 aliphatic rings. The Morgan fingerprint density at radius 1 is 1.08 bits per heavy atom. The van der Waals surface area contributed by atoms with E-state index in [1.54, 1.807) is 17.0 Å². The zero-order chi connectivity index (χ0) is 17.7. The molecule has 0 aliphatic carbocycles. The summed E-state index contributed by atoms with van der Waals surface area (Å²) < 4.78 is 25.1. The lowest BCUT2D eigenvalue weighted by molar-refractivity contribution is -0.146. The number of sulfonamides is 1. The van der Waals surface area contributed by atoms with Gasteiger partial charge in [0.1, 0.15) is 0 Å². The zero-order valence-corrected chi connectivity index (χ0v) is 14.8. The number of piperidine rings is 1. The fraction of sp³-hybridized carbons (Fsp3) is 0.500. The highest BCUT2D eigenvalue weighted by Crippen LogP contribution is 2.14. The molecule has 1 aliphatic heterocycles. The third-order valence-corrected chi connectivity index (χ3v) is 5.82. The van der Waals surface area contributed by atoms with Gasteiger partial charge in [-0.3, -0.25) is 9.59 Å².